The number of halogens is 2. The molecule has 0 spiro atoms. The molecule has 0 saturated heterocycles. The lowest BCUT2D eigenvalue weighted by Gasteiger charge is -2.07. The fraction of sp³-hybridized carbons (Fsp3) is 0. The summed E-state index contributed by atoms with van der Waals surface area (Å²) in [4.78, 5) is 0. The van der Waals surface area contributed by atoms with Crippen molar-refractivity contribution in [2.75, 3.05) is 0 Å². The van der Waals surface area contributed by atoms with E-state index in [4.69, 9.17) is 27.7 Å². The monoisotopic (exact) mass is 381 g/mol. The Labute approximate surface area is 160 Å². The molecule has 128 valence electrons. The van der Waals surface area contributed by atoms with Crippen LogP contribution in [-0.4, -0.2) is 10.3 Å². The van der Waals surface area contributed by atoms with Gasteiger partial charge in [0, 0.05) is 11.1 Å². The number of hydrogen-bond acceptors (Lipinski definition) is 3. The quantitative estimate of drug-likeness (QED) is 0.429. The third-order valence-corrected chi connectivity index (χ3v) is 4.72. The molecule has 4 rings (SSSR count). The van der Waals surface area contributed by atoms with Crippen LogP contribution in [0, 0.1) is 0 Å². The zero-order valence-corrected chi connectivity index (χ0v) is 15.0. The Hall–Kier alpha value is -2.75. The lowest BCUT2D eigenvalue weighted by molar-refractivity contribution is 0.435. The van der Waals surface area contributed by atoms with Crippen molar-refractivity contribution in [3.63, 3.8) is 0 Å². The molecule has 0 amide bonds. The van der Waals surface area contributed by atoms with E-state index in [0.29, 0.717) is 27.1 Å². The number of phenols is 1. The van der Waals surface area contributed by atoms with Crippen molar-refractivity contribution in [2.24, 2.45) is 0 Å². The Morgan fingerprint density at radius 1 is 0.769 bits per heavy atom. The van der Waals surface area contributed by atoms with Gasteiger partial charge in [0.25, 0.3) is 0 Å². The summed E-state index contributed by atoms with van der Waals surface area (Å²) in [6, 6.07) is 22.0. The number of benzene rings is 3. The summed E-state index contributed by atoms with van der Waals surface area (Å²) in [6.45, 7) is 0. The molecule has 1 N–H and O–H groups in total. The number of hydrogen-bond donors (Lipinski definition) is 1. The minimum absolute atomic E-state index is 0.0888. The largest absolute Gasteiger partial charge is 0.508 e. The average molecular weight is 382 g/mol. The van der Waals surface area contributed by atoms with Gasteiger partial charge in [-0.15, -0.1) is 0 Å². The average Bonchev–Trinajstić information content (AvgIpc) is 3.07. The van der Waals surface area contributed by atoms with E-state index < -0.39 is 0 Å². The summed E-state index contributed by atoms with van der Waals surface area (Å²) < 4.78 is 5.69. The Bertz CT molecular complexity index is 1070. The van der Waals surface area contributed by atoms with Gasteiger partial charge in [-0.3, -0.25) is 0 Å². The lowest BCUT2D eigenvalue weighted by atomic mass is 9.96. The van der Waals surface area contributed by atoms with Gasteiger partial charge < -0.3 is 9.63 Å². The van der Waals surface area contributed by atoms with Gasteiger partial charge in [0.1, 0.15) is 11.4 Å². The molecule has 3 aromatic carbocycles. The van der Waals surface area contributed by atoms with Gasteiger partial charge in [-0.25, -0.2) is 0 Å². The molecule has 0 aliphatic rings. The van der Waals surface area contributed by atoms with Crippen molar-refractivity contribution in [3.05, 3.63) is 82.8 Å². The van der Waals surface area contributed by atoms with Gasteiger partial charge in [0.2, 0.25) is 0 Å². The van der Waals surface area contributed by atoms with Crippen molar-refractivity contribution in [1.82, 2.24) is 5.16 Å². The first-order valence-electron chi connectivity index (χ1n) is 7.94. The van der Waals surface area contributed by atoms with E-state index in [1.54, 1.807) is 12.1 Å². The van der Waals surface area contributed by atoms with Crippen LogP contribution in [0.3, 0.4) is 0 Å². The summed E-state index contributed by atoms with van der Waals surface area (Å²) in [5.41, 5.74) is 3.79. The molecule has 0 aliphatic carbocycles. The molecule has 4 aromatic rings. The van der Waals surface area contributed by atoms with Crippen LogP contribution in [0.15, 0.2) is 77.3 Å². The van der Waals surface area contributed by atoms with E-state index in [1.807, 2.05) is 54.6 Å². The molecule has 0 atom stereocenters. The van der Waals surface area contributed by atoms with Crippen molar-refractivity contribution in [1.29, 1.82) is 0 Å². The van der Waals surface area contributed by atoms with Crippen LogP contribution in [0.2, 0.25) is 10.0 Å². The third kappa shape index (κ3) is 2.96. The smallest absolute Gasteiger partial charge is 0.176 e. The number of rotatable bonds is 3. The van der Waals surface area contributed by atoms with Crippen molar-refractivity contribution < 1.29 is 9.63 Å². The van der Waals surface area contributed by atoms with E-state index in [1.165, 1.54) is 6.07 Å². The Morgan fingerprint density at radius 3 is 2.23 bits per heavy atom. The molecular formula is C21H13Cl2NO2. The highest BCUT2D eigenvalue weighted by Crippen LogP contribution is 2.43. The summed E-state index contributed by atoms with van der Waals surface area (Å²) in [5.74, 6) is 0.613. The van der Waals surface area contributed by atoms with Crippen molar-refractivity contribution >= 4 is 23.2 Å². The molecule has 26 heavy (non-hydrogen) atoms. The SMILES string of the molecule is Oc1ccc(-c2onc(-c3ccccc3Cl)c2-c2ccccc2)c(Cl)c1. The Balaban J connectivity index is 2.01. The molecule has 5 heteroatoms. The highest BCUT2D eigenvalue weighted by atomic mass is 35.5. The molecule has 1 aromatic heterocycles. The second-order valence-corrected chi connectivity index (χ2v) is 6.56. The number of aromatic hydroxyl groups is 1. The molecular weight excluding hydrogens is 369 g/mol. The normalized spacial score (nSPS) is 10.8. The first-order valence-corrected chi connectivity index (χ1v) is 8.69. The first kappa shape index (κ1) is 16.7. The van der Waals surface area contributed by atoms with Crippen molar-refractivity contribution in [2.45, 2.75) is 0 Å². The predicted octanol–water partition coefficient (Wildman–Crippen LogP) is 6.69. The maximum Gasteiger partial charge on any atom is 0.176 e. The molecule has 0 unspecified atom stereocenters. The minimum atomic E-state index is 0.0888. The molecule has 0 bridgehead atoms. The number of phenolic OH excluding ortho intramolecular Hbond substituents is 1. The Kier molecular flexibility index (Phi) is 4.41. The van der Waals surface area contributed by atoms with E-state index in [2.05, 4.69) is 5.16 Å². The Morgan fingerprint density at radius 2 is 1.50 bits per heavy atom. The lowest BCUT2D eigenvalue weighted by Crippen LogP contribution is -1.86. The molecule has 0 radical (unpaired) electrons. The molecule has 3 nitrogen and oxygen atoms in total. The van der Waals surface area contributed by atoms with Crippen LogP contribution in [0.4, 0.5) is 0 Å². The fourth-order valence-corrected chi connectivity index (χ4v) is 3.36. The number of aromatic nitrogens is 1. The second kappa shape index (κ2) is 6.87. The zero-order chi connectivity index (χ0) is 18.1. The standard InChI is InChI=1S/C21H13Cl2NO2/c22-17-9-5-4-8-15(17)20-19(13-6-2-1-3-7-13)21(26-24-20)16-11-10-14(25)12-18(16)23/h1-12,25H. The second-order valence-electron chi connectivity index (χ2n) is 5.75. The first-order chi connectivity index (χ1) is 12.6. The fourth-order valence-electron chi connectivity index (χ4n) is 2.87. The van der Waals surface area contributed by atoms with E-state index >= 15 is 0 Å². The summed E-state index contributed by atoms with van der Waals surface area (Å²) >= 11 is 12.7. The molecule has 0 saturated carbocycles. The van der Waals surface area contributed by atoms with Crippen LogP contribution in [0.25, 0.3) is 33.7 Å². The van der Waals surface area contributed by atoms with Crippen LogP contribution in [0.1, 0.15) is 0 Å². The molecule has 0 aliphatic heterocycles. The van der Waals surface area contributed by atoms with Gasteiger partial charge in [0.15, 0.2) is 5.76 Å². The van der Waals surface area contributed by atoms with Crippen LogP contribution < -0.4 is 0 Å². The maximum atomic E-state index is 9.64. The van der Waals surface area contributed by atoms with Crippen molar-refractivity contribution in [3.8, 4) is 39.5 Å². The van der Waals surface area contributed by atoms with Crippen LogP contribution >= 0.6 is 23.2 Å². The highest BCUT2D eigenvalue weighted by Gasteiger charge is 2.23. The van der Waals surface area contributed by atoms with Gasteiger partial charge in [-0.1, -0.05) is 76.9 Å². The van der Waals surface area contributed by atoms with Gasteiger partial charge in [-0.05, 0) is 29.8 Å². The van der Waals surface area contributed by atoms with E-state index in [9.17, 15) is 5.11 Å². The highest BCUT2D eigenvalue weighted by molar-refractivity contribution is 6.34. The van der Waals surface area contributed by atoms with Crippen LogP contribution in [0.5, 0.6) is 5.75 Å². The molecule has 0 fully saturated rings. The topological polar surface area (TPSA) is 46.3 Å². The van der Waals surface area contributed by atoms with E-state index in [0.717, 1.165) is 16.7 Å². The maximum absolute atomic E-state index is 9.64. The third-order valence-electron chi connectivity index (χ3n) is 4.08. The molecule has 1 heterocycles. The summed E-state index contributed by atoms with van der Waals surface area (Å²) in [5, 5.41) is 14.9. The van der Waals surface area contributed by atoms with E-state index in [-0.39, 0.29) is 5.75 Å². The minimum Gasteiger partial charge on any atom is -0.508 e. The van der Waals surface area contributed by atoms with Gasteiger partial charge in [-0.2, -0.15) is 0 Å². The number of nitrogens with zero attached hydrogens (tertiary/aromatic N) is 1. The predicted molar refractivity (Wildman–Crippen MR) is 104 cm³/mol. The zero-order valence-electron chi connectivity index (χ0n) is 13.5. The summed E-state index contributed by atoms with van der Waals surface area (Å²) in [7, 11) is 0. The van der Waals surface area contributed by atoms with Crippen LogP contribution in [-0.2, 0) is 0 Å². The summed E-state index contributed by atoms with van der Waals surface area (Å²) in [6.07, 6.45) is 0. The van der Waals surface area contributed by atoms with Gasteiger partial charge >= 0.3 is 0 Å². The van der Waals surface area contributed by atoms with Gasteiger partial charge in [0.05, 0.1) is 15.6 Å².